The van der Waals surface area contributed by atoms with Gasteiger partial charge in [-0.05, 0) is 29.8 Å². The van der Waals surface area contributed by atoms with Crippen LogP contribution in [0, 0.1) is 0 Å². The lowest BCUT2D eigenvalue weighted by Gasteiger charge is -2.03. The van der Waals surface area contributed by atoms with E-state index in [-0.39, 0.29) is 11.9 Å². The molecule has 1 aromatic carbocycles. The zero-order chi connectivity index (χ0) is 13.7. The quantitative estimate of drug-likeness (QED) is 0.878. The summed E-state index contributed by atoms with van der Waals surface area (Å²) in [5, 5.41) is 14.2. The van der Waals surface area contributed by atoms with Crippen molar-refractivity contribution in [1.29, 1.82) is 0 Å². The van der Waals surface area contributed by atoms with Gasteiger partial charge in [0.25, 0.3) is 11.9 Å². The van der Waals surface area contributed by atoms with E-state index in [9.17, 15) is 4.79 Å². The number of hydrogen-bond acceptors (Lipinski definition) is 5. The third-order valence-electron chi connectivity index (χ3n) is 2.43. The van der Waals surface area contributed by atoms with Gasteiger partial charge in [-0.2, -0.15) is 4.80 Å². The van der Waals surface area contributed by atoms with Gasteiger partial charge in [0.15, 0.2) is 0 Å². The molecule has 19 heavy (non-hydrogen) atoms. The maximum Gasteiger partial charge on any atom is 0.270 e. The molecule has 0 fully saturated rings. The van der Waals surface area contributed by atoms with Crippen molar-refractivity contribution in [3.05, 3.63) is 29.8 Å². The number of rotatable bonds is 5. The van der Waals surface area contributed by atoms with Crippen molar-refractivity contribution < 1.29 is 9.53 Å². The number of aryl methyl sites for hydroxylation is 1. The third kappa shape index (κ3) is 3.27. The van der Waals surface area contributed by atoms with Crippen LogP contribution in [-0.4, -0.2) is 33.2 Å². The molecule has 2 aromatic rings. The summed E-state index contributed by atoms with van der Waals surface area (Å²) >= 11 is 0. The lowest BCUT2D eigenvalue weighted by Crippen LogP contribution is -2.13. The molecule has 0 aliphatic rings. The first-order valence-electron chi connectivity index (χ1n) is 5.96. The largest absolute Gasteiger partial charge is 0.497 e. The van der Waals surface area contributed by atoms with E-state index in [0.717, 1.165) is 6.42 Å². The highest BCUT2D eigenvalue weighted by Gasteiger charge is 2.10. The van der Waals surface area contributed by atoms with Crippen LogP contribution in [0.1, 0.15) is 23.7 Å². The Morgan fingerprint density at radius 2 is 2.32 bits per heavy atom. The summed E-state index contributed by atoms with van der Waals surface area (Å²) < 4.78 is 5.06. The predicted molar refractivity (Wildman–Crippen MR) is 69.1 cm³/mol. The first kappa shape index (κ1) is 13.0. The number of carbonyl (C=O) groups excluding carboxylic acids is 1. The fourth-order valence-corrected chi connectivity index (χ4v) is 1.53. The van der Waals surface area contributed by atoms with Gasteiger partial charge < -0.3 is 4.74 Å². The maximum absolute atomic E-state index is 12.0. The average molecular weight is 261 g/mol. The molecule has 1 amide bonds. The molecule has 0 radical (unpaired) electrons. The lowest BCUT2D eigenvalue weighted by molar-refractivity contribution is 0.102. The minimum atomic E-state index is -0.296. The molecule has 7 heteroatoms. The first-order valence-corrected chi connectivity index (χ1v) is 5.96. The number of hydrogen-bond donors (Lipinski definition) is 1. The van der Waals surface area contributed by atoms with Crippen molar-refractivity contribution in [3.63, 3.8) is 0 Å². The first-order chi connectivity index (χ1) is 9.22. The Balaban J connectivity index is 2.06. The molecule has 0 aliphatic carbocycles. The van der Waals surface area contributed by atoms with E-state index < -0.39 is 0 Å². The number of amides is 1. The van der Waals surface area contributed by atoms with Crippen LogP contribution in [0.25, 0.3) is 0 Å². The Bertz CT molecular complexity index is 567. The van der Waals surface area contributed by atoms with Gasteiger partial charge in [0, 0.05) is 5.56 Å². The number of benzene rings is 1. The number of nitrogens with one attached hydrogen (secondary N) is 1. The van der Waals surface area contributed by atoms with Gasteiger partial charge >= 0.3 is 0 Å². The molecule has 0 saturated heterocycles. The van der Waals surface area contributed by atoms with Crippen LogP contribution in [0.2, 0.25) is 0 Å². The van der Waals surface area contributed by atoms with Crippen LogP contribution in [-0.2, 0) is 6.54 Å². The van der Waals surface area contributed by atoms with Crippen LogP contribution in [0.15, 0.2) is 24.3 Å². The Hall–Kier alpha value is -2.44. The highest BCUT2D eigenvalue weighted by atomic mass is 16.5. The van der Waals surface area contributed by atoms with Crippen LogP contribution in [0.5, 0.6) is 5.75 Å². The van der Waals surface area contributed by atoms with Crippen molar-refractivity contribution in [1.82, 2.24) is 20.2 Å². The molecule has 1 aromatic heterocycles. The molecular weight excluding hydrogens is 246 g/mol. The molecule has 100 valence electrons. The standard InChI is InChI=1S/C12H15N5O2/c1-3-7-17-15-12(14-16-17)13-11(18)9-5-4-6-10(8-9)19-2/h4-6,8H,3,7H2,1-2H3,(H,13,15,18). The third-order valence-corrected chi connectivity index (χ3v) is 2.43. The second-order valence-corrected chi connectivity index (χ2v) is 3.90. The molecule has 0 unspecified atom stereocenters. The summed E-state index contributed by atoms with van der Waals surface area (Å²) in [5.74, 6) is 0.520. The lowest BCUT2D eigenvalue weighted by atomic mass is 10.2. The van der Waals surface area contributed by atoms with Crippen LogP contribution >= 0.6 is 0 Å². The van der Waals surface area contributed by atoms with Gasteiger partial charge in [-0.3, -0.25) is 10.1 Å². The minimum Gasteiger partial charge on any atom is -0.497 e. The molecule has 0 saturated carbocycles. The number of ether oxygens (including phenoxy) is 1. The van der Waals surface area contributed by atoms with E-state index in [1.807, 2.05) is 6.92 Å². The molecule has 0 spiro atoms. The Morgan fingerprint density at radius 1 is 1.47 bits per heavy atom. The van der Waals surface area contributed by atoms with Crippen molar-refractivity contribution in [3.8, 4) is 5.75 Å². The van der Waals surface area contributed by atoms with Gasteiger partial charge in [-0.1, -0.05) is 18.1 Å². The Kier molecular flexibility index (Phi) is 4.07. The predicted octanol–water partition coefficient (Wildman–Crippen LogP) is 1.34. The highest BCUT2D eigenvalue weighted by molar-refractivity contribution is 6.03. The number of tetrazole rings is 1. The van der Waals surface area contributed by atoms with Crippen LogP contribution in [0.4, 0.5) is 5.95 Å². The maximum atomic E-state index is 12.0. The van der Waals surface area contributed by atoms with Gasteiger partial charge in [-0.25, -0.2) is 0 Å². The summed E-state index contributed by atoms with van der Waals surface area (Å²) in [4.78, 5) is 13.4. The zero-order valence-electron chi connectivity index (χ0n) is 10.8. The van der Waals surface area contributed by atoms with Crippen molar-refractivity contribution in [2.45, 2.75) is 19.9 Å². The number of methoxy groups -OCH3 is 1. The molecule has 0 atom stereocenters. The van der Waals surface area contributed by atoms with Gasteiger partial charge in [0.2, 0.25) is 0 Å². The molecule has 2 rings (SSSR count). The van der Waals surface area contributed by atoms with Gasteiger partial charge in [0.1, 0.15) is 5.75 Å². The van der Waals surface area contributed by atoms with E-state index in [1.165, 1.54) is 4.80 Å². The van der Waals surface area contributed by atoms with E-state index >= 15 is 0 Å². The van der Waals surface area contributed by atoms with Gasteiger partial charge in [0.05, 0.1) is 13.7 Å². The summed E-state index contributed by atoms with van der Waals surface area (Å²) in [7, 11) is 1.55. The van der Waals surface area contributed by atoms with Crippen molar-refractivity contribution in [2.24, 2.45) is 0 Å². The zero-order valence-corrected chi connectivity index (χ0v) is 10.8. The minimum absolute atomic E-state index is 0.196. The summed E-state index contributed by atoms with van der Waals surface area (Å²) in [5.41, 5.74) is 0.478. The number of anilines is 1. The highest BCUT2D eigenvalue weighted by Crippen LogP contribution is 2.13. The fraction of sp³-hybridized carbons (Fsp3) is 0.333. The molecule has 7 nitrogen and oxygen atoms in total. The molecule has 0 aliphatic heterocycles. The van der Waals surface area contributed by atoms with Crippen molar-refractivity contribution in [2.75, 3.05) is 12.4 Å². The number of carbonyl (C=O) groups is 1. The molecule has 0 bridgehead atoms. The van der Waals surface area contributed by atoms with Gasteiger partial charge in [-0.15, -0.1) is 5.10 Å². The van der Waals surface area contributed by atoms with Crippen LogP contribution in [0.3, 0.4) is 0 Å². The summed E-state index contributed by atoms with van der Waals surface area (Å²) in [6, 6.07) is 6.85. The van der Waals surface area contributed by atoms with E-state index in [1.54, 1.807) is 31.4 Å². The van der Waals surface area contributed by atoms with E-state index in [0.29, 0.717) is 17.9 Å². The fourth-order valence-electron chi connectivity index (χ4n) is 1.53. The number of aromatic nitrogens is 4. The SMILES string of the molecule is CCCn1nnc(NC(=O)c2cccc(OC)c2)n1. The van der Waals surface area contributed by atoms with E-state index in [4.69, 9.17) is 4.74 Å². The number of nitrogens with zero attached hydrogens (tertiary/aromatic N) is 4. The monoisotopic (exact) mass is 261 g/mol. The Morgan fingerprint density at radius 3 is 3.05 bits per heavy atom. The summed E-state index contributed by atoms with van der Waals surface area (Å²) in [6.45, 7) is 2.68. The average Bonchev–Trinajstić information content (AvgIpc) is 2.86. The normalized spacial score (nSPS) is 10.2. The Labute approximate surface area is 110 Å². The smallest absolute Gasteiger partial charge is 0.270 e. The van der Waals surface area contributed by atoms with Crippen molar-refractivity contribution >= 4 is 11.9 Å². The summed E-state index contributed by atoms with van der Waals surface area (Å²) in [6.07, 6.45) is 0.902. The molecular formula is C12H15N5O2. The van der Waals surface area contributed by atoms with Crippen LogP contribution < -0.4 is 10.1 Å². The topological polar surface area (TPSA) is 81.9 Å². The second-order valence-electron chi connectivity index (χ2n) is 3.90. The molecule has 1 heterocycles. The van der Waals surface area contributed by atoms with E-state index in [2.05, 4.69) is 20.7 Å². The molecule has 1 N–H and O–H groups in total. The second kappa shape index (κ2) is 5.94.